The van der Waals surface area contributed by atoms with Crippen molar-refractivity contribution in [2.24, 2.45) is 5.10 Å². The van der Waals surface area contributed by atoms with E-state index in [4.69, 9.17) is 4.42 Å². The van der Waals surface area contributed by atoms with Crippen molar-refractivity contribution in [3.63, 3.8) is 0 Å². The van der Waals surface area contributed by atoms with Crippen LogP contribution in [0.2, 0.25) is 0 Å². The molecule has 0 saturated carbocycles. The minimum absolute atomic E-state index is 0.0340. The third-order valence-corrected chi connectivity index (χ3v) is 4.86. The van der Waals surface area contributed by atoms with E-state index in [-0.39, 0.29) is 23.0 Å². The Hall–Kier alpha value is -3.67. The second-order valence-electron chi connectivity index (χ2n) is 8.41. The summed E-state index contributed by atoms with van der Waals surface area (Å²) in [7, 11) is 0. The summed E-state index contributed by atoms with van der Waals surface area (Å²) >= 11 is 0. The summed E-state index contributed by atoms with van der Waals surface area (Å²) in [6.45, 7) is 9.98. The standard InChI is InChI=1S/C25H27N3O3/c1-16-6-15-22(31-16)24(30)26-21-13-9-18(10-14-21)17(2)27-28-23(29)19-7-11-20(12-8-19)25(3,4)5/h6-15H,1-5H3,(H,26,30)(H,28,29)/b27-17+. The molecule has 0 aliphatic heterocycles. The highest BCUT2D eigenvalue weighted by Crippen LogP contribution is 2.22. The fourth-order valence-corrected chi connectivity index (χ4v) is 2.93. The third-order valence-electron chi connectivity index (χ3n) is 4.86. The summed E-state index contributed by atoms with van der Waals surface area (Å²) in [5, 5.41) is 6.98. The number of hydrogen-bond donors (Lipinski definition) is 2. The van der Waals surface area contributed by atoms with E-state index >= 15 is 0 Å². The van der Waals surface area contributed by atoms with Crippen molar-refractivity contribution in [1.29, 1.82) is 0 Å². The molecule has 0 spiro atoms. The van der Waals surface area contributed by atoms with Crippen molar-refractivity contribution >= 4 is 23.2 Å². The van der Waals surface area contributed by atoms with Crippen molar-refractivity contribution in [3.8, 4) is 0 Å². The average Bonchev–Trinajstić information content (AvgIpc) is 3.18. The smallest absolute Gasteiger partial charge is 0.291 e. The molecule has 6 nitrogen and oxygen atoms in total. The molecule has 1 aromatic heterocycles. The molecule has 3 rings (SSSR count). The lowest BCUT2D eigenvalue weighted by molar-refractivity contribution is 0.0953. The van der Waals surface area contributed by atoms with Gasteiger partial charge in [-0.05, 0) is 66.8 Å². The first-order valence-electron chi connectivity index (χ1n) is 10.1. The Morgan fingerprint density at radius 1 is 0.839 bits per heavy atom. The Balaban J connectivity index is 1.61. The average molecular weight is 418 g/mol. The summed E-state index contributed by atoms with van der Waals surface area (Å²) in [5.41, 5.74) is 6.46. The SMILES string of the molecule is C/C(=N\NC(=O)c1ccc(C(C)(C)C)cc1)c1ccc(NC(=O)c2ccc(C)o2)cc1. The maximum absolute atomic E-state index is 12.4. The molecule has 160 valence electrons. The van der Waals surface area contributed by atoms with Gasteiger partial charge in [0.15, 0.2) is 5.76 Å². The summed E-state index contributed by atoms with van der Waals surface area (Å²) in [4.78, 5) is 24.5. The Labute approximate surface area is 182 Å². The zero-order valence-electron chi connectivity index (χ0n) is 18.4. The normalized spacial score (nSPS) is 11.8. The minimum atomic E-state index is -0.309. The molecule has 0 aliphatic rings. The Bertz CT molecular complexity index is 1100. The number of hydrazone groups is 1. The van der Waals surface area contributed by atoms with Crippen molar-refractivity contribution in [3.05, 3.63) is 88.9 Å². The fraction of sp³-hybridized carbons (Fsp3) is 0.240. The molecule has 2 amide bonds. The monoisotopic (exact) mass is 417 g/mol. The van der Waals surface area contributed by atoms with Crippen LogP contribution in [0.15, 0.2) is 70.2 Å². The van der Waals surface area contributed by atoms with Crippen LogP contribution in [0.5, 0.6) is 0 Å². The van der Waals surface area contributed by atoms with E-state index in [0.29, 0.717) is 22.7 Å². The molecule has 0 bridgehead atoms. The van der Waals surface area contributed by atoms with Crippen LogP contribution in [0.25, 0.3) is 0 Å². The van der Waals surface area contributed by atoms with Crippen LogP contribution in [0.4, 0.5) is 5.69 Å². The quantitative estimate of drug-likeness (QED) is 0.437. The fourth-order valence-electron chi connectivity index (χ4n) is 2.93. The van der Waals surface area contributed by atoms with E-state index < -0.39 is 0 Å². The summed E-state index contributed by atoms with van der Waals surface area (Å²) < 4.78 is 5.32. The van der Waals surface area contributed by atoms with Gasteiger partial charge in [-0.2, -0.15) is 5.10 Å². The van der Waals surface area contributed by atoms with Gasteiger partial charge in [0.2, 0.25) is 0 Å². The number of rotatable bonds is 5. The molecule has 6 heteroatoms. The number of amides is 2. The van der Waals surface area contributed by atoms with E-state index in [1.165, 1.54) is 0 Å². The summed E-state index contributed by atoms with van der Waals surface area (Å²) in [6, 6.07) is 18.1. The third kappa shape index (κ3) is 5.69. The predicted molar refractivity (Wildman–Crippen MR) is 123 cm³/mol. The van der Waals surface area contributed by atoms with Gasteiger partial charge < -0.3 is 9.73 Å². The molecule has 0 fully saturated rings. The van der Waals surface area contributed by atoms with Gasteiger partial charge in [0.1, 0.15) is 5.76 Å². The van der Waals surface area contributed by atoms with E-state index in [1.807, 2.05) is 31.2 Å². The molecule has 3 aromatic rings. The van der Waals surface area contributed by atoms with Crippen LogP contribution in [0.1, 0.15) is 65.5 Å². The minimum Gasteiger partial charge on any atom is -0.456 e. The second kappa shape index (κ2) is 9.00. The van der Waals surface area contributed by atoms with Crippen LogP contribution in [0, 0.1) is 6.92 Å². The lowest BCUT2D eigenvalue weighted by Gasteiger charge is -2.18. The highest BCUT2D eigenvalue weighted by atomic mass is 16.3. The zero-order valence-corrected chi connectivity index (χ0v) is 18.4. The maximum atomic E-state index is 12.4. The molecule has 0 unspecified atom stereocenters. The number of aryl methyl sites for hydroxylation is 1. The molecular weight excluding hydrogens is 390 g/mol. The number of nitrogens with zero attached hydrogens (tertiary/aromatic N) is 1. The molecular formula is C25H27N3O3. The molecule has 1 heterocycles. The molecule has 31 heavy (non-hydrogen) atoms. The number of carbonyl (C=O) groups is 2. The molecule has 0 aliphatic carbocycles. The summed E-state index contributed by atoms with van der Waals surface area (Å²) in [5.74, 6) is 0.366. The van der Waals surface area contributed by atoms with Crippen LogP contribution >= 0.6 is 0 Å². The lowest BCUT2D eigenvalue weighted by Crippen LogP contribution is -2.20. The Morgan fingerprint density at radius 3 is 2.00 bits per heavy atom. The van der Waals surface area contributed by atoms with Gasteiger partial charge in [0.25, 0.3) is 11.8 Å². The van der Waals surface area contributed by atoms with Crippen LogP contribution in [-0.2, 0) is 5.41 Å². The molecule has 0 radical (unpaired) electrons. The Kier molecular flexibility index (Phi) is 6.39. The second-order valence-corrected chi connectivity index (χ2v) is 8.41. The number of nitrogens with one attached hydrogen (secondary N) is 2. The van der Waals surface area contributed by atoms with Crippen LogP contribution < -0.4 is 10.7 Å². The molecule has 0 atom stereocenters. The number of hydrogen-bond acceptors (Lipinski definition) is 4. The lowest BCUT2D eigenvalue weighted by atomic mass is 9.87. The van der Waals surface area contributed by atoms with Crippen molar-refractivity contribution < 1.29 is 14.0 Å². The van der Waals surface area contributed by atoms with Gasteiger partial charge in [-0.25, -0.2) is 5.43 Å². The van der Waals surface area contributed by atoms with Crippen LogP contribution in [-0.4, -0.2) is 17.5 Å². The van der Waals surface area contributed by atoms with E-state index in [0.717, 1.165) is 11.1 Å². The largest absolute Gasteiger partial charge is 0.456 e. The maximum Gasteiger partial charge on any atom is 0.291 e. The van der Waals surface area contributed by atoms with Gasteiger partial charge in [-0.1, -0.05) is 45.0 Å². The van der Waals surface area contributed by atoms with E-state index in [9.17, 15) is 9.59 Å². The van der Waals surface area contributed by atoms with Gasteiger partial charge in [0, 0.05) is 11.3 Å². The highest BCUT2D eigenvalue weighted by molar-refractivity contribution is 6.03. The van der Waals surface area contributed by atoms with Crippen molar-refractivity contribution in [2.75, 3.05) is 5.32 Å². The Morgan fingerprint density at radius 2 is 1.45 bits per heavy atom. The molecule has 2 aromatic carbocycles. The predicted octanol–water partition coefficient (Wildman–Crippen LogP) is 5.29. The van der Waals surface area contributed by atoms with Gasteiger partial charge in [0.05, 0.1) is 5.71 Å². The van der Waals surface area contributed by atoms with Crippen molar-refractivity contribution in [1.82, 2.24) is 5.43 Å². The first kappa shape index (κ1) is 22.0. The van der Waals surface area contributed by atoms with Gasteiger partial charge in [-0.3, -0.25) is 9.59 Å². The highest BCUT2D eigenvalue weighted by Gasteiger charge is 2.14. The number of carbonyl (C=O) groups excluding carboxylic acids is 2. The molecule has 0 saturated heterocycles. The van der Waals surface area contributed by atoms with Gasteiger partial charge in [-0.15, -0.1) is 0 Å². The number of furan rings is 1. The number of anilines is 1. The topological polar surface area (TPSA) is 83.7 Å². The van der Waals surface area contributed by atoms with Gasteiger partial charge >= 0.3 is 0 Å². The van der Waals surface area contributed by atoms with E-state index in [1.54, 1.807) is 43.3 Å². The summed E-state index contributed by atoms with van der Waals surface area (Å²) in [6.07, 6.45) is 0. The van der Waals surface area contributed by atoms with E-state index in [2.05, 4.69) is 36.6 Å². The first-order valence-corrected chi connectivity index (χ1v) is 10.1. The van der Waals surface area contributed by atoms with Crippen molar-refractivity contribution in [2.45, 2.75) is 40.0 Å². The first-order chi connectivity index (χ1) is 14.6. The zero-order chi connectivity index (χ0) is 22.6. The van der Waals surface area contributed by atoms with Crippen LogP contribution in [0.3, 0.4) is 0 Å². The molecule has 2 N–H and O–H groups in total. The number of benzene rings is 2.